The second-order valence-corrected chi connectivity index (χ2v) is 13.5. The van der Waals surface area contributed by atoms with Crippen molar-refractivity contribution in [3.05, 3.63) is 88.1 Å². The highest BCUT2D eigenvalue weighted by molar-refractivity contribution is 6.06. The van der Waals surface area contributed by atoms with E-state index < -0.39 is 5.41 Å². The fraction of sp³-hybridized carbons (Fsp3) is 0.444. The molecule has 0 radical (unpaired) electrons. The quantitative estimate of drug-likeness (QED) is 0.337. The van der Waals surface area contributed by atoms with E-state index in [1.807, 2.05) is 31.0 Å². The van der Waals surface area contributed by atoms with Crippen LogP contribution in [-0.2, 0) is 45.7 Å². The number of nitrogens with one attached hydrogen (secondary N) is 3. The zero-order valence-electron chi connectivity index (χ0n) is 26.8. The zero-order chi connectivity index (χ0) is 31.8. The van der Waals surface area contributed by atoms with Gasteiger partial charge in [-0.25, -0.2) is 4.98 Å². The highest BCUT2D eigenvalue weighted by Crippen LogP contribution is 2.47. The average molecular weight is 609 g/mol. The lowest BCUT2D eigenvalue weighted by molar-refractivity contribution is -0.131. The molecule has 1 unspecified atom stereocenters. The number of benzene rings is 2. The molecule has 6 rings (SSSR count). The van der Waals surface area contributed by atoms with Gasteiger partial charge in [0.1, 0.15) is 5.82 Å². The molecule has 1 aliphatic carbocycles. The van der Waals surface area contributed by atoms with E-state index in [-0.39, 0.29) is 29.7 Å². The van der Waals surface area contributed by atoms with E-state index in [9.17, 15) is 14.4 Å². The largest absolute Gasteiger partial charge is 0.343 e. The number of nitrogens with zero attached hydrogens (tertiary/aromatic N) is 3. The third-order valence-corrected chi connectivity index (χ3v) is 10.1. The third-order valence-electron chi connectivity index (χ3n) is 10.1. The van der Waals surface area contributed by atoms with Gasteiger partial charge < -0.3 is 20.9 Å². The van der Waals surface area contributed by atoms with E-state index in [2.05, 4.69) is 69.2 Å². The maximum Gasteiger partial charge on any atom is 0.238 e. The summed E-state index contributed by atoms with van der Waals surface area (Å²) < 4.78 is 0. The van der Waals surface area contributed by atoms with E-state index in [0.29, 0.717) is 25.2 Å². The molecule has 1 aromatic heterocycles. The molecule has 3 aromatic rings. The van der Waals surface area contributed by atoms with Gasteiger partial charge in [0.25, 0.3) is 0 Å². The van der Waals surface area contributed by atoms with Crippen molar-refractivity contribution in [2.75, 3.05) is 43.9 Å². The molecule has 3 heterocycles. The van der Waals surface area contributed by atoms with Gasteiger partial charge in [-0.2, -0.15) is 0 Å². The molecular weight excluding hydrogens is 564 g/mol. The van der Waals surface area contributed by atoms with Gasteiger partial charge in [0.15, 0.2) is 0 Å². The number of piperidine rings is 1. The Bertz CT molecular complexity index is 1630. The lowest BCUT2D eigenvalue weighted by Crippen LogP contribution is -2.47. The Hall–Kier alpha value is -4.08. The van der Waals surface area contributed by atoms with Crippen molar-refractivity contribution in [1.29, 1.82) is 0 Å². The second kappa shape index (κ2) is 12.4. The Morgan fingerprint density at radius 1 is 1.04 bits per heavy atom. The molecule has 0 bridgehead atoms. The van der Waals surface area contributed by atoms with Crippen molar-refractivity contribution in [3.8, 4) is 0 Å². The third kappa shape index (κ3) is 6.24. The number of carbonyl (C=O) groups is 3. The second-order valence-electron chi connectivity index (χ2n) is 13.5. The van der Waals surface area contributed by atoms with Crippen LogP contribution in [0.3, 0.4) is 0 Å². The first-order chi connectivity index (χ1) is 21.6. The van der Waals surface area contributed by atoms with Crippen LogP contribution in [0.1, 0.15) is 60.1 Å². The number of likely N-dealkylation sites (tertiary alicyclic amines) is 1. The molecule has 2 aromatic carbocycles. The molecule has 9 nitrogen and oxygen atoms in total. The zero-order valence-corrected chi connectivity index (χ0v) is 26.8. The topological polar surface area (TPSA) is 107 Å². The minimum Gasteiger partial charge on any atom is -0.343 e. The number of rotatable bonds is 9. The Kier molecular flexibility index (Phi) is 8.50. The Morgan fingerprint density at radius 3 is 2.47 bits per heavy atom. The summed E-state index contributed by atoms with van der Waals surface area (Å²) in [5.74, 6) is 0.708. The van der Waals surface area contributed by atoms with Crippen LogP contribution in [0.5, 0.6) is 0 Å². The number of hydrogen-bond donors (Lipinski definition) is 3. The van der Waals surface area contributed by atoms with Crippen LogP contribution in [0.25, 0.3) is 0 Å². The van der Waals surface area contributed by atoms with Crippen molar-refractivity contribution in [2.45, 2.75) is 65.0 Å². The van der Waals surface area contributed by atoms with Crippen LogP contribution in [0.4, 0.5) is 11.5 Å². The van der Waals surface area contributed by atoms with E-state index in [1.54, 1.807) is 13.1 Å². The number of carbonyl (C=O) groups excluding carboxylic acids is 3. The van der Waals surface area contributed by atoms with Crippen molar-refractivity contribution in [3.63, 3.8) is 0 Å². The minimum absolute atomic E-state index is 0.00497. The number of anilines is 2. The predicted molar refractivity (Wildman–Crippen MR) is 176 cm³/mol. The van der Waals surface area contributed by atoms with Crippen molar-refractivity contribution >= 4 is 29.2 Å². The number of hydrogen-bond acceptors (Lipinski definition) is 6. The first-order valence-corrected chi connectivity index (χ1v) is 16.0. The smallest absolute Gasteiger partial charge is 0.238 e. The van der Waals surface area contributed by atoms with E-state index in [0.717, 1.165) is 67.0 Å². The molecule has 1 atom stereocenters. The molecular formula is C36H44N6O3. The van der Waals surface area contributed by atoms with Gasteiger partial charge in [0, 0.05) is 57.1 Å². The first-order valence-electron chi connectivity index (χ1n) is 16.0. The summed E-state index contributed by atoms with van der Waals surface area (Å²) in [4.78, 5) is 47.5. The predicted octanol–water partition coefficient (Wildman–Crippen LogP) is 4.19. The molecule has 45 heavy (non-hydrogen) atoms. The summed E-state index contributed by atoms with van der Waals surface area (Å²) in [5, 5.41) is 9.46. The van der Waals surface area contributed by atoms with Gasteiger partial charge in [0.2, 0.25) is 17.7 Å². The molecule has 1 saturated heterocycles. The van der Waals surface area contributed by atoms with Gasteiger partial charge in [0.05, 0.1) is 12.0 Å². The van der Waals surface area contributed by atoms with E-state index in [1.165, 1.54) is 11.1 Å². The molecule has 0 saturated carbocycles. The molecule has 1 spiro atoms. The molecule has 2 aliphatic heterocycles. The van der Waals surface area contributed by atoms with Gasteiger partial charge >= 0.3 is 0 Å². The molecule has 3 amide bonds. The molecule has 3 aliphatic rings. The highest BCUT2D eigenvalue weighted by Gasteiger charge is 2.51. The monoisotopic (exact) mass is 608 g/mol. The fourth-order valence-corrected chi connectivity index (χ4v) is 7.52. The maximum atomic E-state index is 13.7. The first kappa shape index (κ1) is 30.9. The van der Waals surface area contributed by atoms with Gasteiger partial charge in [-0.05, 0) is 85.0 Å². The van der Waals surface area contributed by atoms with Crippen LogP contribution in [0, 0.1) is 12.3 Å². The van der Waals surface area contributed by atoms with Crippen molar-refractivity contribution < 1.29 is 14.4 Å². The number of amides is 3. The van der Waals surface area contributed by atoms with Crippen molar-refractivity contribution in [1.82, 2.24) is 20.1 Å². The summed E-state index contributed by atoms with van der Waals surface area (Å²) >= 11 is 0. The molecule has 236 valence electrons. The minimum atomic E-state index is -0.647. The van der Waals surface area contributed by atoms with Gasteiger partial charge in [-0.1, -0.05) is 43.3 Å². The van der Waals surface area contributed by atoms with E-state index in [4.69, 9.17) is 0 Å². The van der Waals surface area contributed by atoms with Gasteiger partial charge in [-0.3, -0.25) is 19.3 Å². The average Bonchev–Trinajstić information content (AvgIpc) is 3.50. The van der Waals surface area contributed by atoms with E-state index >= 15 is 0 Å². The van der Waals surface area contributed by atoms with Crippen LogP contribution >= 0.6 is 0 Å². The standard InChI is InChI=1S/C36H44N6O3/c1-24-16-28-18-36(30-10-7-13-38-33(30)40-34(36)45)19-29(28)17-31(24)39-32(44)22-41(21-27-9-6-5-8-26(27)20-37-4)23-35(3)11-14-42(15-12-35)25(2)43/h5-10,13,16-17,37H,11-12,14-15,18-23H2,1-4H3,(H,39,44)(H,38,40,45). The number of aryl methyl sites for hydroxylation is 1. The summed E-state index contributed by atoms with van der Waals surface area (Å²) in [6, 6.07) is 16.5. The Labute approximate surface area is 265 Å². The Morgan fingerprint density at radius 2 is 1.76 bits per heavy atom. The summed E-state index contributed by atoms with van der Waals surface area (Å²) in [6.45, 7) is 9.85. The van der Waals surface area contributed by atoms with Crippen LogP contribution in [-0.4, -0.2) is 65.7 Å². The highest BCUT2D eigenvalue weighted by atomic mass is 16.2. The molecule has 1 fully saturated rings. The van der Waals surface area contributed by atoms with Crippen LogP contribution < -0.4 is 16.0 Å². The van der Waals surface area contributed by atoms with Crippen LogP contribution in [0.15, 0.2) is 54.7 Å². The fourth-order valence-electron chi connectivity index (χ4n) is 7.52. The SMILES string of the molecule is CNCc1ccccc1CN(CC(=O)Nc1cc2c(cc1C)CC1(C2)C(=O)Nc2ncccc21)CC1(C)CCN(C(C)=O)CC1. The molecule has 3 N–H and O–H groups in total. The lowest BCUT2D eigenvalue weighted by atomic mass is 9.79. The van der Waals surface area contributed by atoms with Gasteiger partial charge in [-0.15, -0.1) is 0 Å². The summed E-state index contributed by atoms with van der Waals surface area (Å²) in [6.07, 6.45) is 4.72. The number of pyridine rings is 1. The molecule has 9 heteroatoms. The Balaban J connectivity index is 1.20. The van der Waals surface area contributed by atoms with Crippen LogP contribution in [0.2, 0.25) is 0 Å². The number of fused-ring (bicyclic) bond motifs is 3. The number of aromatic nitrogens is 1. The summed E-state index contributed by atoms with van der Waals surface area (Å²) in [5.41, 5.74) is 6.73. The van der Waals surface area contributed by atoms with Crippen molar-refractivity contribution in [2.24, 2.45) is 5.41 Å². The normalized spacial score (nSPS) is 19.8. The lowest BCUT2D eigenvalue weighted by Gasteiger charge is -2.42. The summed E-state index contributed by atoms with van der Waals surface area (Å²) in [7, 11) is 1.95. The maximum absolute atomic E-state index is 13.7.